The van der Waals surface area contributed by atoms with Gasteiger partial charge in [-0.05, 0) is 24.5 Å². The number of amides is 1. The molecular formula is C11H13ClF2N2OS. The van der Waals surface area contributed by atoms with Crippen LogP contribution in [-0.2, 0) is 0 Å². The maximum Gasteiger partial charge on any atom is 0.277 e. The minimum atomic E-state index is -3.11. The Morgan fingerprint density at radius 2 is 2.22 bits per heavy atom. The van der Waals surface area contributed by atoms with E-state index < -0.39 is 24.9 Å². The van der Waals surface area contributed by atoms with Crippen LogP contribution < -0.4 is 11.1 Å². The van der Waals surface area contributed by atoms with E-state index in [9.17, 15) is 13.6 Å². The first kappa shape index (κ1) is 15.2. The maximum atomic E-state index is 12.9. The van der Waals surface area contributed by atoms with Crippen LogP contribution in [0.15, 0.2) is 23.1 Å². The predicted octanol–water partition coefficient (Wildman–Crippen LogP) is 2.39. The van der Waals surface area contributed by atoms with E-state index in [1.54, 1.807) is 18.2 Å². The second-order valence-electron chi connectivity index (χ2n) is 3.59. The molecule has 0 bridgehead atoms. The summed E-state index contributed by atoms with van der Waals surface area (Å²) in [4.78, 5) is 12.5. The Bertz CT molecular complexity index is 443. The molecule has 0 saturated carbocycles. The topological polar surface area (TPSA) is 55.1 Å². The van der Waals surface area contributed by atoms with Crippen LogP contribution in [0.25, 0.3) is 0 Å². The van der Waals surface area contributed by atoms with Crippen molar-refractivity contribution < 1.29 is 13.6 Å². The summed E-state index contributed by atoms with van der Waals surface area (Å²) in [5.41, 5.74) is 5.05. The summed E-state index contributed by atoms with van der Waals surface area (Å²) in [5, 5.41) is 2.34. The third kappa shape index (κ3) is 4.12. The molecule has 1 aromatic rings. The number of alkyl halides is 2. The molecule has 1 amide bonds. The molecule has 0 saturated heterocycles. The van der Waals surface area contributed by atoms with Crippen molar-refractivity contribution in [2.45, 2.75) is 10.8 Å². The lowest BCUT2D eigenvalue weighted by Crippen LogP contribution is -2.41. The smallest absolute Gasteiger partial charge is 0.277 e. The van der Waals surface area contributed by atoms with Gasteiger partial charge in [-0.3, -0.25) is 4.79 Å². The van der Waals surface area contributed by atoms with E-state index in [1.807, 2.05) is 6.26 Å². The zero-order valence-electron chi connectivity index (χ0n) is 9.67. The van der Waals surface area contributed by atoms with Gasteiger partial charge in [0.25, 0.3) is 11.8 Å². The van der Waals surface area contributed by atoms with Crippen LogP contribution >= 0.6 is 23.4 Å². The molecule has 1 rings (SSSR count). The minimum Gasteiger partial charge on any atom is -0.346 e. The van der Waals surface area contributed by atoms with E-state index in [0.29, 0.717) is 0 Å². The summed E-state index contributed by atoms with van der Waals surface area (Å²) >= 11 is 7.28. The van der Waals surface area contributed by atoms with Gasteiger partial charge in [-0.2, -0.15) is 0 Å². The van der Waals surface area contributed by atoms with Crippen molar-refractivity contribution in [1.82, 2.24) is 5.32 Å². The maximum absolute atomic E-state index is 12.9. The zero-order chi connectivity index (χ0) is 13.8. The summed E-state index contributed by atoms with van der Waals surface area (Å²) in [6, 6.07) is 4.87. The molecule has 0 aliphatic carbocycles. The van der Waals surface area contributed by atoms with Crippen molar-refractivity contribution in [2.24, 2.45) is 5.73 Å². The number of hydrogen-bond donors (Lipinski definition) is 2. The van der Waals surface area contributed by atoms with Crippen LogP contribution in [0.3, 0.4) is 0 Å². The number of nitrogens with one attached hydrogen (secondary N) is 1. The number of hydrogen-bond acceptors (Lipinski definition) is 3. The number of benzene rings is 1. The number of carbonyl (C=O) groups excluding carboxylic acids is 1. The highest BCUT2D eigenvalue weighted by Gasteiger charge is 2.27. The number of carbonyl (C=O) groups is 1. The molecule has 3 N–H and O–H groups in total. The lowest BCUT2D eigenvalue weighted by Gasteiger charge is -2.15. The highest BCUT2D eigenvalue weighted by molar-refractivity contribution is 7.98. The van der Waals surface area contributed by atoms with Crippen molar-refractivity contribution in [3.63, 3.8) is 0 Å². The molecule has 0 heterocycles. The minimum absolute atomic E-state index is 0.177. The van der Waals surface area contributed by atoms with Crippen LogP contribution in [-0.4, -0.2) is 31.2 Å². The fourth-order valence-electron chi connectivity index (χ4n) is 1.18. The van der Waals surface area contributed by atoms with E-state index in [4.69, 9.17) is 17.3 Å². The van der Waals surface area contributed by atoms with E-state index in [0.717, 1.165) is 4.90 Å². The summed E-state index contributed by atoms with van der Waals surface area (Å²) in [6.45, 7) is -1.62. The van der Waals surface area contributed by atoms with Gasteiger partial charge in [-0.25, -0.2) is 8.78 Å². The van der Waals surface area contributed by atoms with Crippen molar-refractivity contribution in [3.8, 4) is 0 Å². The SMILES string of the molecule is CSc1ccc(Cl)c(C(=O)NCC(F)(F)CN)c1. The Morgan fingerprint density at radius 3 is 2.78 bits per heavy atom. The molecule has 0 radical (unpaired) electrons. The Labute approximate surface area is 113 Å². The largest absolute Gasteiger partial charge is 0.346 e. The predicted molar refractivity (Wildman–Crippen MR) is 69.6 cm³/mol. The van der Waals surface area contributed by atoms with Crippen molar-refractivity contribution in [1.29, 1.82) is 0 Å². The summed E-state index contributed by atoms with van der Waals surface area (Å²) in [6.07, 6.45) is 1.84. The Hall–Kier alpha value is -0.850. The lowest BCUT2D eigenvalue weighted by molar-refractivity contribution is 0.0118. The standard InChI is InChI=1S/C11H13ClF2N2OS/c1-18-7-2-3-9(12)8(4-7)10(17)16-6-11(13,14)5-15/h2-4H,5-6,15H2,1H3,(H,16,17). The number of nitrogens with two attached hydrogens (primary N) is 1. The average molecular weight is 295 g/mol. The van der Waals surface area contributed by atoms with Crippen molar-refractivity contribution in [2.75, 3.05) is 19.3 Å². The molecule has 18 heavy (non-hydrogen) atoms. The van der Waals surface area contributed by atoms with Gasteiger partial charge in [-0.15, -0.1) is 11.8 Å². The lowest BCUT2D eigenvalue weighted by atomic mass is 10.2. The second kappa shape index (κ2) is 6.36. The molecule has 0 aliphatic heterocycles. The third-order valence-electron chi connectivity index (χ3n) is 2.22. The zero-order valence-corrected chi connectivity index (χ0v) is 11.2. The molecule has 3 nitrogen and oxygen atoms in total. The number of rotatable bonds is 5. The molecule has 0 aliphatic rings. The summed E-state index contributed by atoms with van der Waals surface area (Å²) in [7, 11) is 0. The molecule has 0 unspecified atom stereocenters. The average Bonchev–Trinajstić information content (AvgIpc) is 2.36. The van der Waals surface area contributed by atoms with Gasteiger partial charge in [0, 0.05) is 4.90 Å². The van der Waals surface area contributed by atoms with Crippen LogP contribution in [0.5, 0.6) is 0 Å². The molecule has 0 aromatic heterocycles. The Balaban J connectivity index is 2.78. The Kier molecular flexibility index (Phi) is 5.37. The first-order valence-corrected chi connectivity index (χ1v) is 6.69. The first-order chi connectivity index (χ1) is 8.39. The van der Waals surface area contributed by atoms with Gasteiger partial charge < -0.3 is 11.1 Å². The van der Waals surface area contributed by atoms with E-state index in [2.05, 4.69) is 5.32 Å². The molecular weight excluding hydrogens is 282 g/mol. The second-order valence-corrected chi connectivity index (χ2v) is 4.88. The monoisotopic (exact) mass is 294 g/mol. The fraction of sp³-hybridized carbons (Fsp3) is 0.364. The van der Waals surface area contributed by atoms with Gasteiger partial charge in [0.1, 0.15) is 0 Å². The molecule has 0 fully saturated rings. The highest BCUT2D eigenvalue weighted by Crippen LogP contribution is 2.23. The van der Waals surface area contributed by atoms with Gasteiger partial charge in [0.2, 0.25) is 0 Å². The van der Waals surface area contributed by atoms with Crippen LogP contribution in [0.4, 0.5) is 8.78 Å². The third-order valence-corrected chi connectivity index (χ3v) is 3.28. The van der Waals surface area contributed by atoms with Gasteiger partial charge in [0.05, 0.1) is 23.7 Å². The van der Waals surface area contributed by atoms with Gasteiger partial charge >= 0.3 is 0 Å². The Morgan fingerprint density at radius 1 is 1.56 bits per heavy atom. The summed E-state index contributed by atoms with van der Waals surface area (Å²) in [5.74, 6) is -3.75. The van der Waals surface area contributed by atoms with E-state index in [-0.39, 0.29) is 10.6 Å². The molecule has 1 aromatic carbocycles. The molecule has 0 spiro atoms. The van der Waals surface area contributed by atoms with Crippen LogP contribution in [0.2, 0.25) is 5.02 Å². The summed E-state index contributed by atoms with van der Waals surface area (Å²) < 4.78 is 25.8. The highest BCUT2D eigenvalue weighted by atomic mass is 35.5. The fourth-order valence-corrected chi connectivity index (χ4v) is 1.83. The van der Waals surface area contributed by atoms with Crippen LogP contribution in [0.1, 0.15) is 10.4 Å². The van der Waals surface area contributed by atoms with Crippen molar-refractivity contribution in [3.05, 3.63) is 28.8 Å². The van der Waals surface area contributed by atoms with Crippen LogP contribution in [0, 0.1) is 0 Å². The van der Waals surface area contributed by atoms with Gasteiger partial charge in [-0.1, -0.05) is 11.6 Å². The van der Waals surface area contributed by atoms with E-state index >= 15 is 0 Å². The quantitative estimate of drug-likeness (QED) is 0.820. The molecule has 7 heteroatoms. The number of halogens is 3. The molecule has 0 atom stereocenters. The normalized spacial score (nSPS) is 11.4. The molecule has 100 valence electrons. The first-order valence-electron chi connectivity index (χ1n) is 5.09. The number of thioether (sulfide) groups is 1. The van der Waals surface area contributed by atoms with E-state index in [1.165, 1.54) is 11.8 Å². The van der Waals surface area contributed by atoms with Crippen molar-refractivity contribution >= 4 is 29.3 Å². The van der Waals surface area contributed by atoms with Gasteiger partial charge in [0.15, 0.2) is 0 Å².